The molecule has 3 nitrogen and oxygen atoms in total. The van der Waals surface area contributed by atoms with Crippen LogP contribution in [0.5, 0.6) is 0 Å². The average molecular weight is 224 g/mol. The molecule has 2 aromatic rings. The molecule has 0 saturated carbocycles. The van der Waals surface area contributed by atoms with Crippen molar-refractivity contribution in [2.45, 2.75) is 17.6 Å². The third-order valence-corrected chi connectivity index (χ3v) is 2.79. The Balaban J connectivity index is 2.02. The second kappa shape index (κ2) is 4.44. The molecule has 2 rings (SSSR count). The molecule has 15 heavy (non-hydrogen) atoms. The molecule has 0 spiro atoms. The largest absolute Gasteiger partial charge is 0.425 e. The minimum absolute atomic E-state index is 0.223. The van der Waals surface area contributed by atoms with Gasteiger partial charge in [-0.3, -0.25) is 0 Å². The van der Waals surface area contributed by atoms with E-state index in [1.54, 1.807) is 25.1 Å². The van der Waals surface area contributed by atoms with E-state index in [9.17, 15) is 4.39 Å². The van der Waals surface area contributed by atoms with Crippen LogP contribution in [0.4, 0.5) is 4.39 Å². The van der Waals surface area contributed by atoms with E-state index in [1.807, 2.05) is 0 Å². The molecule has 78 valence electrons. The van der Waals surface area contributed by atoms with E-state index in [0.29, 0.717) is 22.4 Å². The van der Waals surface area contributed by atoms with Crippen molar-refractivity contribution in [3.8, 4) is 0 Å². The van der Waals surface area contributed by atoms with E-state index in [4.69, 9.17) is 4.42 Å². The fourth-order valence-corrected chi connectivity index (χ4v) is 1.87. The van der Waals surface area contributed by atoms with Gasteiger partial charge in [-0.15, -0.1) is 22.0 Å². The van der Waals surface area contributed by atoms with Gasteiger partial charge in [-0.2, -0.15) is 0 Å². The predicted molar refractivity (Wildman–Crippen MR) is 55.0 cm³/mol. The molecule has 0 fully saturated rings. The first-order valence-corrected chi connectivity index (χ1v) is 5.40. The van der Waals surface area contributed by atoms with Gasteiger partial charge in [0, 0.05) is 11.8 Å². The van der Waals surface area contributed by atoms with Crippen molar-refractivity contribution in [2.75, 3.05) is 0 Å². The van der Waals surface area contributed by atoms with Crippen molar-refractivity contribution >= 4 is 11.8 Å². The second-order valence-electron chi connectivity index (χ2n) is 2.93. The van der Waals surface area contributed by atoms with Crippen LogP contribution in [-0.2, 0) is 5.75 Å². The van der Waals surface area contributed by atoms with Gasteiger partial charge in [0.15, 0.2) is 0 Å². The van der Waals surface area contributed by atoms with Crippen LogP contribution < -0.4 is 0 Å². The summed E-state index contributed by atoms with van der Waals surface area (Å²) in [5.74, 6) is 1.31. The molecule has 1 aromatic carbocycles. The summed E-state index contributed by atoms with van der Waals surface area (Å²) in [6.45, 7) is 1.73. The Kier molecular flexibility index (Phi) is 3.01. The number of rotatable bonds is 3. The standard InChI is InChI=1S/C10H9FN2OS/c1-7-12-13-10(14-7)6-15-9-5-3-2-4-8(9)11/h2-5H,6H2,1H3. The summed E-state index contributed by atoms with van der Waals surface area (Å²) in [6, 6.07) is 6.62. The normalized spacial score (nSPS) is 10.5. The quantitative estimate of drug-likeness (QED) is 0.751. The maximum atomic E-state index is 13.2. The first-order chi connectivity index (χ1) is 7.25. The molecule has 0 N–H and O–H groups in total. The number of hydrogen-bond acceptors (Lipinski definition) is 4. The molecule has 0 amide bonds. The number of nitrogens with zero attached hydrogens (tertiary/aromatic N) is 2. The van der Waals surface area contributed by atoms with Crippen LogP contribution in [0.1, 0.15) is 11.8 Å². The topological polar surface area (TPSA) is 38.9 Å². The van der Waals surface area contributed by atoms with E-state index in [2.05, 4.69) is 10.2 Å². The third kappa shape index (κ3) is 2.56. The number of benzene rings is 1. The Bertz CT molecular complexity index is 458. The zero-order valence-corrected chi connectivity index (χ0v) is 8.92. The highest BCUT2D eigenvalue weighted by Gasteiger charge is 2.05. The summed E-state index contributed by atoms with van der Waals surface area (Å²) in [6.07, 6.45) is 0. The van der Waals surface area contributed by atoms with Gasteiger partial charge in [0.05, 0.1) is 5.75 Å². The highest BCUT2D eigenvalue weighted by atomic mass is 32.2. The van der Waals surface area contributed by atoms with E-state index >= 15 is 0 Å². The van der Waals surface area contributed by atoms with E-state index in [-0.39, 0.29) is 5.82 Å². The predicted octanol–water partition coefficient (Wildman–Crippen LogP) is 2.81. The van der Waals surface area contributed by atoms with Gasteiger partial charge in [0.2, 0.25) is 11.8 Å². The molecule has 0 saturated heterocycles. The Morgan fingerprint density at radius 3 is 2.80 bits per heavy atom. The lowest BCUT2D eigenvalue weighted by atomic mass is 10.3. The first-order valence-electron chi connectivity index (χ1n) is 4.42. The van der Waals surface area contributed by atoms with Gasteiger partial charge >= 0.3 is 0 Å². The lowest BCUT2D eigenvalue weighted by Gasteiger charge is -1.99. The van der Waals surface area contributed by atoms with E-state index in [1.165, 1.54) is 17.8 Å². The van der Waals surface area contributed by atoms with Crippen LogP contribution >= 0.6 is 11.8 Å². The number of hydrogen-bond donors (Lipinski definition) is 0. The number of halogens is 1. The van der Waals surface area contributed by atoms with Gasteiger partial charge in [0.1, 0.15) is 5.82 Å². The average Bonchev–Trinajstić information content (AvgIpc) is 2.63. The molecule has 0 bridgehead atoms. The Hall–Kier alpha value is -1.36. The SMILES string of the molecule is Cc1nnc(CSc2ccccc2F)o1. The maximum absolute atomic E-state index is 13.2. The van der Waals surface area contributed by atoms with Crippen molar-refractivity contribution in [1.82, 2.24) is 10.2 Å². The van der Waals surface area contributed by atoms with Crippen LogP contribution in [0.3, 0.4) is 0 Å². The highest BCUT2D eigenvalue weighted by molar-refractivity contribution is 7.98. The number of aryl methyl sites for hydroxylation is 1. The monoisotopic (exact) mass is 224 g/mol. The zero-order valence-electron chi connectivity index (χ0n) is 8.11. The van der Waals surface area contributed by atoms with E-state index in [0.717, 1.165) is 0 Å². The van der Waals surface area contributed by atoms with Crippen LogP contribution in [0.25, 0.3) is 0 Å². The Morgan fingerprint density at radius 2 is 2.13 bits per heavy atom. The lowest BCUT2D eigenvalue weighted by molar-refractivity contribution is 0.485. The Labute approximate surface area is 90.7 Å². The first kappa shape index (κ1) is 10.2. The van der Waals surface area contributed by atoms with Crippen LogP contribution in [-0.4, -0.2) is 10.2 Å². The van der Waals surface area contributed by atoms with Crippen molar-refractivity contribution in [1.29, 1.82) is 0 Å². The molecule has 0 radical (unpaired) electrons. The van der Waals surface area contributed by atoms with Crippen LogP contribution in [0.2, 0.25) is 0 Å². The zero-order chi connectivity index (χ0) is 10.7. The minimum Gasteiger partial charge on any atom is -0.425 e. The molecule has 0 aliphatic heterocycles. The molecule has 0 unspecified atom stereocenters. The number of aromatic nitrogens is 2. The summed E-state index contributed by atoms with van der Waals surface area (Å²) in [7, 11) is 0. The summed E-state index contributed by atoms with van der Waals surface area (Å²) in [5.41, 5.74) is 0. The lowest BCUT2D eigenvalue weighted by Crippen LogP contribution is -1.83. The van der Waals surface area contributed by atoms with Crippen molar-refractivity contribution in [3.63, 3.8) is 0 Å². The van der Waals surface area contributed by atoms with Gasteiger partial charge in [-0.05, 0) is 12.1 Å². The van der Waals surface area contributed by atoms with Crippen molar-refractivity contribution in [3.05, 3.63) is 41.9 Å². The van der Waals surface area contributed by atoms with Gasteiger partial charge in [-0.1, -0.05) is 12.1 Å². The van der Waals surface area contributed by atoms with Gasteiger partial charge in [-0.25, -0.2) is 4.39 Å². The molecule has 0 atom stereocenters. The smallest absolute Gasteiger partial charge is 0.226 e. The molecule has 1 heterocycles. The molecular weight excluding hydrogens is 215 g/mol. The number of thioether (sulfide) groups is 1. The maximum Gasteiger partial charge on any atom is 0.226 e. The summed E-state index contributed by atoms with van der Waals surface area (Å²) >= 11 is 1.34. The van der Waals surface area contributed by atoms with Crippen molar-refractivity contribution in [2.24, 2.45) is 0 Å². The second-order valence-corrected chi connectivity index (χ2v) is 3.95. The van der Waals surface area contributed by atoms with Crippen LogP contribution in [0, 0.1) is 12.7 Å². The fourth-order valence-electron chi connectivity index (χ4n) is 1.10. The molecule has 0 aliphatic carbocycles. The summed E-state index contributed by atoms with van der Waals surface area (Å²) in [4.78, 5) is 0.591. The minimum atomic E-state index is -0.223. The summed E-state index contributed by atoms with van der Waals surface area (Å²) in [5, 5.41) is 7.53. The molecule has 1 aromatic heterocycles. The fraction of sp³-hybridized carbons (Fsp3) is 0.200. The summed E-state index contributed by atoms with van der Waals surface area (Å²) < 4.78 is 18.4. The third-order valence-electron chi connectivity index (χ3n) is 1.76. The Morgan fingerprint density at radius 1 is 1.33 bits per heavy atom. The highest BCUT2D eigenvalue weighted by Crippen LogP contribution is 2.24. The van der Waals surface area contributed by atoms with Crippen LogP contribution in [0.15, 0.2) is 33.6 Å². The van der Waals surface area contributed by atoms with Gasteiger partial charge in [0.25, 0.3) is 0 Å². The molecule has 5 heteroatoms. The molecular formula is C10H9FN2OS. The molecule has 0 aliphatic rings. The van der Waals surface area contributed by atoms with Crippen molar-refractivity contribution < 1.29 is 8.81 Å². The van der Waals surface area contributed by atoms with Gasteiger partial charge < -0.3 is 4.42 Å². The van der Waals surface area contributed by atoms with E-state index < -0.39 is 0 Å².